The Hall–Kier alpha value is -2.15. The summed E-state index contributed by atoms with van der Waals surface area (Å²) in [5.74, 6) is -2.03. The molecule has 102 valence electrons. The number of carbonyl (C=O) groups excluding carboxylic acids is 2. The van der Waals surface area contributed by atoms with Gasteiger partial charge in [0.05, 0.1) is 6.04 Å². The summed E-state index contributed by atoms with van der Waals surface area (Å²) in [5, 5.41) is 14.9. The molecule has 0 aliphatic rings. The van der Waals surface area contributed by atoms with Crippen LogP contribution in [0.5, 0.6) is 0 Å². The summed E-state index contributed by atoms with van der Waals surface area (Å²) in [6.45, 7) is 1.91. The highest BCUT2D eigenvalue weighted by Crippen LogP contribution is 2.21. The Morgan fingerprint density at radius 1 is 1.42 bits per heavy atom. The Morgan fingerprint density at radius 2 is 2.16 bits per heavy atom. The van der Waals surface area contributed by atoms with Crippen LogP contribution >= 0.6 is 11.3 Å². The summed E-state index contributed by atoms with van der Waals surface area (Å²) in [7, 11) is 0. The molecule has 3 N–H and O–H groups in total. The van der Waals surface area contributed by atoms with Crippen molar-refractivity contribution in [3.05, 3.63) is 34.5 Å². The summed E-state index contributed by atoms with van der Waals surface area (Å²) in [6.07, 6.45) is 2.14. The lowest BCUT2D eigenvalue weighted by atomic mass is 10.2. The van der Waals surface area contributed by atoms with Crippen LogP contribution in [0, 0.1) is 0 Å². The van der Waals surface area contributed by atoms with E-state index in [9.17, 15) is 14.4 Å². The minimum absolute atomic E-state index is 0.170. The summed E-state index contributed by atoms with van der Waals surface area (Å²) in [5.41, 5.74) is 0. The second kappa shape index (κ2) is 7.32. The zero-order valence-electron chi connectivity index (χ0n) is 10.3. The average Bonchev–Trinajstić information content (AvgIpc) is 2.87. The summed E-state index contributed by atoms with van der Waals surface area (Å²) >= 11 is 1.51. The summed E-state index contributed by atoms with van der Waals surface area (Å²) < 4.78 is 0. The number of carboxylic acid groups (broad SMARTS) is 1. The highest BCUT2D eigenvalue weighted by molar-refractivity contribution is 7.10. The number of rotatable bonds is 5. The molecule has 0 radical (unpaired) electrons. The SMILES string of the molecule is CCC(NC(=O)NC(=O)C=CC(=O)O)c1cccs1. The first kappa shape index (κ1) is 14.9. The van der Waals surface area contributed by atoms with Gasteiger partial charge in [0.1, 0.15) is 0 Å². The van der Waals surface area contributed by atoms with Gasteiger partial charge >= 0.3 is 12.0 Å². The van der Waals surface area contributed by atoms with Gasteiger partial charge < -0.3 is 10.4 Å². The van der Waals surface area contributed by atoms with E-state index in [4.69, 9.17) is 5.11 Å². The maximum atomic E-state index is 11.5. The lowest BCUT2D eigenvalue weighted by Crippen LogP contribution is -2.40. The van der Waals surface area contributed by atoms with E-state index >= 15 is 0 Å². The van der Waals surface area contributed by atoms with Crippen molar-refractivity contribution in [2.45, 2.75) is 19.4 Å². The molecule has 0 saturated carbocycles. The predicted molar refractivity (Wildman–Crippen MR) is 70.8 cm³/mol. The molecule has 6 nitrogen and oxygen atoms in total. The highest BCUT2D eigenvalue weighted by atomic mass is 32.1. The highest BCUT2D eigenvalue weighted by Gasteiger charge is 2.14. The number of hydrogen-bond donors (Lipinski definition) is 3. The fourth-order valence-corrected chi connectivity index (χ4v) is 2.22. The Balaban J connectivity index is 2.50. The number of carboxylic acids is 1. The van der Waals surface area contributed by atoms with Crippen molar-refractivity contribution in [1.82, 2.24) is 10.6 Å². The van der Waals surface area contributed by atoms with Crippen LogP contribution in [0.15, 0.2) is 29.7 Å². The molecule has 0 saturated heterocycles. The number of aliphatic carboxylic acids is 1. The number of imide groups is 1. The van der Waals surface area contributed by atoms with Crippen LogP contribution in [-0.4, -0.2) is 23.0 Å². The molecule has 7 heteroatoms. The standard InChI is InChI=1S/C12H14N2O4S/c1-2-8(9-4-3-7-19-9)13-12(18)14-10(15)5-6-11(16)17/h3-8H,2H2,1H3,(H,16,17)(H2,13,14,15,18). The number of amides is 3. The van der Waals surface area contributed by atoms with E-state index in [-0.39, 0.29) is 6.04 Å². The Bertz CT molecular complexity index is 482. The van der Waals surface area contributed by atoms with Crippen LogP contribution in [0.3, 0.4) is 0 Å². The van der Waals surface area contributed by atoms with Gasteiger partial charge in [0.15, 0.2) is 0 Å². The van der Waals surface area contributed by atoms with Crippen LogP contribution in [-0.2, 0) is 9.59 Å². The van der Waals surface area contributed by atoms with E-state index in [0.29, 0.717) is 12.5 Å². The van der Waals surface area contributed by atoms with Crippen molar-refractivity contribution < 1.29 is 19.5 Å². The first-order valence-corrected chi connectivity index (χ1v) is 6.46. The Morgan fingerprint density at radius 3 is 2.68 bits per heavy atom. The third-order valence-corrected chi connectivity index (χ3v) is 3.20. The molecule has 0 aliphatic heterocycles. The molecule has 1 rings (SSSR count). The van der Waals surface area contributed by atoms with Gasteiger partial charge in [-0.2, -0.15) is 0 Å². The monoisotopic (exact) mass is 282 g/mol. The molecule has 1 aromatic heterocycles. The van der Waals surface area contributed by atoms with E-state index in [1.807, 2.05) is 29.8 Å². The molecular formula is C12H14N2O4S. The fourth-order valence-electron chi connectivity index (χ4n) is 1.36. The molecule has 1 heterocycles. The number of thiophene rings is 1. The molecule has 1 aromatic rings. The van der Waals surface area contributed by atoms with Gasteiger partial charge in [-0.05, 0) is 17.9 Å². The molecule has 3 amide bonds. The van der Waals surface area contributed by atoms with Crippen LogP contribution in [0.25, 0.3) is 0 Å². The van der Waals surface area contributed by atoms with Crippen LogP contribution in [0.2, 0.25) is 0 Å². The number of carbonyl (C=O) groups is 3. The normalized spacial score (nSPS) is 12.1. The summed E-state index contributed by atoms with van der Waals surface area (Å²) in [6, 6.07) is 2.95. The predicted octanol–water partition coefficient (Wildman–Crippen LogP) is 1.67. The second-order valence-corrected chi connectivity index (χ2v) is 4.59. The van der Waals surface area contributed by atoms with Crippen molar-refractivity contribution in [2.75, 3.05) is 0 Å². The van der Waals surface area contributed by atoms with Gasteiger partial charge in [-0.1, -0.05) is 13.0 Å². The van der Waals surface area contributed by atoms with Gasteiger partial charge in [-0.15, -0.1) is 11.3 Å². The molecular weight excluding hydrogens is 268 g/mol. The molecule has 19 heavy (non-hydrogen) atoms. The first-order chi connectivity index (χ1) is 9.02. The second-order valence-electron chi connectivity index (χ2n) is 3.61. The molecule has 1 atom stereocenters. The topological polar surface area (TPSA) is 95.5 Å². The van der Waals surface area contributed by atoms with Crippen LogP contribution in [0.4, 0.5) is 4.79 Å². The van der Waals surface area contributed by atoms with Crippen molar-refractivity contribution >= 4 is 29.2 Å². The summed E-state index contributed by atoms with van der Waals surface area (Å²) in [4.78, 5) is 33.9. The third kappa shape index (κ3) is 5.35. The van der Waals surface area contributed by atoms with Crippen molar-refractivity contribution in [3.63, 3.8) is 0 Å². The molecule has 0 fully saturated rings. The van der Waals surface area contributed by atoms with Crippen LogP contribution < -0.4 is 10.6 Å². The average molecular weight is 282 g/mol. The van der Waals surface area contributed by atoms with Gasteiger partial charge in [-0.3, -0.25) is 10.1 Å². The van der Waals surface area contributed by atoms with Crippen LogP contribution in [0.1, 0.15) is 24.3 Å². The van der Waals surface area contributed by atoms with Crippen molar-refractivity contribution in [1.29, 1.82) is 0 Å². The molecule has 1 unspecified atom stereocenters. The zero-order valence-corrected chi connectivity index (χ0v) is 11.1. The van der Waals surface area contributed by atoms with E-state index < -0.39 is 17.9 Å². The quantitative estimate of drug-likeness (QED) is 0.716. The smallest absolute Gasteiger partial charge is 0.328 e. The first-order valence-electron chi connectivity index (χ1n) is 5.58. The number of urea groups is 1. The molecule has 0 spiro atoms. The minimum atomic E-state index is -1.25. The maximum Gasteiger partial charge on any atom is 0.328 e. The van der Waals surface area contributed by atoms with E-state index in [1.54, 1.807) is 0 Å². The van der Waals surface area contributed by atoms with E-state index in [1.165, 1.54) is 11.3 Å². The number of hydrogen-bond acceptors (Lipinski definition) is 4. The van der Waals surface area contributed by atoms with E-state index in [2.05, 4.69) is 5.32 Å². The molecule has 0 bridgehead atoms. The fraction of sp³-hybridized carbons (Fsp3) is 0.250. The van der Waals surface area contributed by atoms with E-state index in [0.717, 1.165) is 11.0 Å². The lowest BCUT2D eigenvalue weighted by molar-refractivity contribution is -0.131. The van der Waals surface area contributed by atoms with Gasteiger partial charge in [-0.25, -0.2) is 9.59 Å². The van der Waals surface area contributed by atoms with Crippen molar-refractivity contribution in [2.24, 2.45) is 0 Å². The van der Waals surface area contributed by atoms with Gasteiger partial charge in [0.2, 0.25) is 0 Å². The Labute approximate surface area is 114 Å². The maximum absolute atomic E-state index is 11.5. The largest absolute Gasteiger partial charge is 0.478 e. The Kier molecular flexibility index (Phi) is 5.74. The molecule has 0 aliphatic carbocycles. The van der Waals surface area contributed by atoms with Gasteiger partial charge in [0, 0.05) is 17.0 Å². The number of nitrogens with one attached hydrogen (secondary N) is 2. The third-order valence-electron chi connectivity index (χ3n) is 2.21. The zero-order chi connectivity index (χ0) is 14.3. The van der Waals surface area contributed by atoms with Gasteiger partial charge in [0.25, 0.3) is 5.91 Å². The minimum Gasteiger partial charge on any atom is -0.478 e. The van der Waals surface area contributed by atoms with Crippen molar-refractivity contribution in [3.8, 4) is 0 Å². The molecule has 0 aromatic carbocycles. The lowest BCUT2D eigenvalue weighted by Gasteiger charge is -2.15.